The number of fused-ring (bicyclic) bond motifs is 1. The highest BCUT2D eigenvalue weighted by Crippen LogP contribution is 2.28. The molecule has 0 unspecified atom stereocenters. The number of hydrogen-bond donors (Lipinski definition) is 0. The second-order valence-electron chi connectivity index (χ2n) is 5.35. The van der Waals surface area contributed by atoms with Crippen LogP contribution >= 0.6 is 11.3 Å². The van der Waals surface area contributed by atoms with E-state index >= 15 is 0 Å². The van der Waals surface area contributed by atoms with Crippen LogP contribution in [0.1, 0.15) is 31.1 Å². The molecule has 0 spiro atoms. The van der Waals surface area contributed by atoms with Crippen molar-refractivity contribution in [2.75, 3.05) is 7.11 Å². The summed E-state index contributed by atoms with van der Waals surface area (Å²) in [5.41, 5.74) is -0.527. The number of hydrogen-bond acceptors (Lipinski definition) is 6. The topological polar surface area (TPSA) is 74.6 Å². The molecular weight excluding hydrogens is 294 g/mol. The smallest absolute Gasteiger partial charge is 0.419 e. The number of ether oxygens (including phenoxy) is 2. The molecule has 2 aromatic heterocycles. The predicted octanol–water partition coefficient (Wildman–Crippen LogP) is 2.84. The normalized spacial score (nSPS) is 11.4. The van der Waals surface area contributed by atoms with E-state index in [4.69, 9.17) is 4.74 Å². The van der Waals surface area contributed by atoms with Crippen LogP contribution in [0.25, 0.3) is 10.2 Å². The molecule has 112 valence electrons. The number of nitrogens with zero attached hydrogens (tertiary/aromatic N) is 1. The van der Waals surface area contributed by atoms with Gasteiger partial charge in [0.2, 0.25) is 0 Å². The minimum Gasteiger partial charge on any atom is -0.463 e. The molecule has 0 amide bonds. The number of rotatable bonds is 2. The predicted molar refractivity (Wildman–Crippen MR) is 77.8 cm³/mol. The fraction of sp³-hybridized carbons (Fsp3) is 0.357. The summed E-state index contributed by atoms with van der Waals surface area (Å²) >= 11 is 1.28. The van der Waals surface area contributed by atoms with Crippen molar-refractivity contribution in [2.24, 2.45) is 0 Å². The molecule has 0 saturated carbocycles. The summed E-state index contributed by atoms with van der Waals surface area (Å²) in [4.78, 5) is 36.1. The van der Waals surface area contributed by atoms with Gasteiger partial charge in [-0.25, -0.2) is 14.2 Å². The maximum absolute atomic E-state index is 12.2. The van der Waals surface area contributed by atoms with E-state index in [0.717, 1.165) is 7.11 Å². The monoisotopic (exact) mass is 309 g/mol. The molecule has 0 N–H and O–H groups in total. The number of ketones is 1. The molecule has 0 aliphatic rings. The molecule has 0 aromatic carbocycles. The number of thiophene rings is 1. The highest BCUT2D eigenvalue weighted by molar-refractivity contribution is 7.17. The highest BCUT2D eigenvalue weighted by atomic mass is 32.1. The summed E-state index contributed by atoms with van der Waals surface area (Å²) < 4.78 is 11.0. The molecular formula is C14H15NO5S. The van der Waals surface area contributed by atoms with E-state index in [1.807, 2.05) is 0 Å². The molecule has 0 radical (unpaired) electrons. The van der Waals surface area contributed by atoms with Crippen molar-refractivity contribution in [1.29, 1.82) is 0 Å². The summed E-state index contributed by atoms with van der Waals surface area (Å²) in [5.74, 6) is -1.76. The van der Waals surface area contributed by atoms with E-state index in [9.17, 15) is 14.4 Å². The first kappa shape index (κ1) is 15.2. The molecule has 0 atom stereocenters. The van der Waals surface area contributed by atoms with E-state index in [1.54, 1.807) is 32.2 Å². The van der Waals surface area contributed by atoms with Crippen LogP contribution in [0.5, 0.6) is 0 Å². The molecule has 0 aliphatic carbocycles. The Hall–Kier alpha value is -2.15. The lowest BCUT2D eigenvalue weighted by Crippen LogP contribution is -2.26. The zero-order valence-electron chi connectivity index (χ0n) is 12.1. The van der Waals surface area contributed by atoms with Crippen LogP contribution < -0.4 is 0 Å². The van der Waals surface area contributed by atoms with Crippen molar-refractivity contribution in [2.45, 2.75) is 26.4 Å². The van der Waals surface area contributed by atoms with E-state index < -0.39 is 23.4 Å². The molecule has 0 fully saturated rings. The van der Waals surface area contributed by atoms with Gasteiger partial charge in [0.05, 0.1) is 12.7 Å². The lowest BCUT2D eigenvalue weighted by atomic mass is 10.2. The van der Waals surface area contributed by atoms with Gasteiger partial charge in [-0.1, -0.05) is 0 Å². The van der Waals surface area contributed by atoms with Gasteiger partial charge in [-0.15, -0.1) is 11.3 Å². The first-order valence-electron chi connectivity index (χ1n) is 6.19. The molecule has 0 aliphatic heterocycles. The van der Waals surface area contributed by atoms with Gasteiger partial charge < -0.3 is 9.47 Å². The van der Waals surface area contributed by atoms with E-state index in [2.05, 4.69) is 4.74 Å². The molecule has 2 rings (SSSR count). The second kappa shape index (κ2) is 5.33. The summed E-state index contributed by atoms with van der Waals surface area (Å²) in [6, 6.07) is 1.68. The minimum atomic E-state index is -0.968. The van der Waals surface area contributed by atoms with Crippen molar-refractivity contribution < 1.29 is 23.9 Å². The van der Waals surface area contributed by atoms with Crippen LogP contribution in [-0.2, 0) is 14.3 Å². The average Bonchev–Trinajstić information content (AvgIpc) is 2.95. The van der Waals surface area contributed by atoms with Gasteiger partial charge in [-0.3, -0.25) is 4.79 Å². The van der Waals surface area contributed by atoms with Crippen molar-refractivity contribution >= 4 is 39.4 Å². The number of methoxy groups -OCH3 is 1. The van der Waals surface area contributed by atoms with Crippen LogP contribution in [0.2, 0.25) is 0 Å². The van der Waals surface area contributed by atoms with E-state index in [1.165, 1.54) is 22.1 Å². The Morgan fingerprint density at radius 3 is 2.48 bits per heavy atom. The standard InChI is InChI=1S/C14H15NO5S/c1-14(2,3)20-13(18)15-7-9(10(16)12(17)19-4)8-5-6-21-11(8)15/h5-7H,1-4H3. The fourth-order valence-corrected chi connectivity index (χ4v) is 2.66. The Morgan fingerprint density at radius 1 is 1.24 bits per heavy atom. The number of carbonyl (C=O) groups excluding carboxylic acids is 3. The van der Waals surface area contributed by atoms with E-state index in [0.29, 0.717) is 10.2 Å². The zero-order valence-corrected chi connectivity index (χ0v) is 12.9. The van der Waals surface area contributed by atoms with Gasteiger partial charge in [0, 0.05) is 11.6 Å². The van der Waals surface area contributed by atoms with Crippen LogP contribution in [0.15, 0.2) is 17.6 Å². The SMILES string of the molecule is COC(=O)C(=O)c1cn(C(=O)OC(C)(C)C)c2sccc12. The van der Waals surface area contributed by atoms with Crippen molar-refractivity contribution in [3.63, 3.8) is 0 Å². The lowest BCUT2D eigenvalue weighted by Gasteiger charge is -2.19. The maximum atomic E-state index is 12.2. The molecule has 2 aromatic rings. The van der Waals surface area contributed by atoms with Crippen LogP contribution in [0, 0.1) is 0 Å². The first-order chi connectivity index (χ1) is 9.74. The van der Waals surface area contributed by atoms with Crippen LogP contribution in [0.3, 0.4) is 0 Å². The minimum absolute atomic E-state index is 0.129. The number of esters is 1. The van der Waals surface area contributed by atoms with Gasteiger partial charge in [-0.05, 0) is 32.2 Å². The van der Waals surface area contributed by atoms with Gasteiger partial charge >= 0.3 is 12.1 Å². The second-order valence-corrected chi connectivity index (χ2v) is 6.25. The molecule has 21 heavy (non-hydrogen) atoms. The van der Waals surface area contributed by atoms with E-state index in [-0.39, 0.29) is 5.56 Å². The summed E-state index contributed by atoms with van der Waals surface area (Å²) in [7, 11) is 1.13. The number of aromatic nitrogens is 1. The molecule has 7 heteroatoms. The summed E-state index contributed by atoms with van der Waals surface area (Å²) in [6.07, 6.45) is 0.716. The zero-order chi connectivity index (χ0) is 15.8. The van der Waals surface area contributed by atoms with Gasteiger partial charge in [0.25, 0.3) is 5.78 Å². The third kappa shape index (κ3) is 2.97. The lowest BCUT2D eigenvalue weighted by molar-refractivity contribution is -0.135. The molecule has 0 saturated heterocycles. The van der Waals surface area contributed by atoms with Crippen molar-refractivity contribution in [3.8, 4) is 0 Å². The van der Waals surface area contributed by atoms with Crippen molar-refractivity contribution in [1.82, 2.24) is 4.57 Å². The van der Waals surface area contributed by atoms with Crippen LogP contribution in [0.4, 0.5) is 4.79 Å². The quantitative estimate of drug-likeness (QED) is 0.484. The fourth-order valence-electron chi connectivity index (χ4n) is 1.78. The Kier molecular flexibility index (Phi) is 3.87. The summed E-state index contributed by atoms with van der Waals surface area (Å²) in [5, 5.41) is 2.26. The Balaban J connectivity index is 2.48. The van der Waals surface area contributed by atoms with Gasteiger partial charge in [0.15, 0.2) is 0 Å². The highest BCUT2D eigenvalue weighted by Gasteiger charge is 2.26. The Labute approximate surface area is 125 Å². The molecule has 0 bridgehead atoms. The first-order valence-corrected chi connectivity index (χ1v) is 7.07. The largest absolute Gasteiger partial charge is 0.463 e. The van der Waals surface area contributed by atoms with Crippen molar-refractivity contribution in [3.05, 3.63) is 23.2 Å². The average molecular weight is 309 g/mol. The van der Waals surface area contributed by atoms with Gasteiger partial charge in [-0.2, -0.15) is 0 Å². The Morgan fingerprint density at radius 2 is 1.90 bits per heavy atom. The number of Topliss-reactive ketones (excluding diaryl/α,β-unsaturated/α-hetero) is 1. The third-order valence-corrected chi connectivity index (χ3v) is 3.53. The van der Waals surface area contributed by atoms with Crippen LogP contribution in [-0.4, -0.2) is 35.1 Å². The maximum Gasteiger partial charge on any atom is 0.419 e. The van der Waals surface area contributed by atoms with Gasteiger partial charge in [0.1, 0.15) is 10.4 Å². The molecule has 2 heterocycles. The number of carbonyl (C=O) groups is 3. The Bertz CT molecular complexity index is 719. The third-order valence-electron chi connectivity index (χ3n) is 2.62. The molecule has 6 nitrogen and oxygen atoms in total. The summed E-state index contributed by atoms with van der Waals surface area (Å²) in [6.45, 7) is 5.25.